The van der Waals surface area contributed by atoms with E-state index in [1.807, 2.05) is 19.1 Å². The van der Waals surface area contributed by atoms with Crippen LogP contribution in [0.1, 0.15) is 25.2 Å². The van der Waals surface area contributed by atoms with E-state index in [0.29, 0.717) is 5.82 Å². The molecule has 19 heavy (non-hydrogen) atoms. The van der Waals surface area contributed by atoms with Crippen LogP contribution in [0.15, 0.2) is 36.4 Å². The number of hydrogen-bond acceptors (Lipinski definition) is 4. The highest BCUT2D eigenvalue weighted by Gasteiger charge is 2.09. The van der Waals surface area contributed by atoms with Crippen LogP contribution in [0.5, 0.6) is 0 Å². The number of nitrogens with zero attached hydrogens (tertiary/aromatic N) is 3. The lowest BCUT2D eigenvalue weighted by Gasteiger charge is -2.22. The normalized spacial score (nSPS) is 10.4. The summed E-state index contributed by atoms with van der Waals surface area (Å²) in [7, 11) is 0. The topological polar surface area (TPSA) is 55.0 Å². The van der Waals surface area contributed by atoms with Crippen LogP contribution < -0.4 is 10.6 Å². The first-order chi connectivity index (χ1) is 9.22. The molecule has 2 rings (SSSR count). The van der Waals surface area contributed by atoms with Crippen LogP contribution in [0.25, 0.3) is 0 Å². The minimum atomic E-state index is 0.536. The zero-order valence-electron chi connectivity index (χ0n) is 11.5. The van der Waals surface area contributed by atoms with Crippen molar-refractivity contribution in [3.63, 3.8) is 0 Å². The van der Waals surface area contributed by atoms with Gasteiger partial charge in [0.05, 0.1) is 0 Å². The van der Waals surface area contributed by atoms with Gasteiger partial charge in [-0.05, 0) is 12.5 Å². The number of nitrogen functional groups attached to an aromatic ring is 1. The van der Waals surface area contributed by atoms with Gasteiger partial charge in [-0.2, -0.15) is 0 Å². The summed E-state index contributed by atoms with van der Waals surface area (Å²) in [5.74, 6) is 2.23. The van der Waals surface area contributed by atoms with Crippen LogP contribution in [0.3, 0.4) is 0 Å². The number of aryl methyl sites for hydroxylation is 1. The predicted molar refractivity (Wildman–Crippen MR) is 79.0 cm³/mol. The molecule has 0 saturated carbocycles. The maximum Gasteiger partial charge on any atom is 0.134 e. The molecule has 0 bridgehead atoms. The molecule has 0 radical (unpaired) electrons. The van der Waals surface area contributed by atoms with Gasteiger partial charge in [0.1, 0.15) is 17.5 Å². The highest BCUT2D eigenvalue weighted by Crippen LogP contribution is 2.17. The lowest BCUT2D eigenvalue weighted by atomic mass is 10.2. The molecule has 0 amide bonds. The van der Waals surface area contributed by atoms with Crippen LogP contribution in [-0.2, 0) is 13.0 Å². The van der Waals surface area contributed by atoms with E-state index in [2.05, 4.69) is 46.1 Å². The molecular weight excluding hydrogens is 236 g/mol. The molecule has 0 saturated heterocycles. The zero-order chi connectivity index (χ0) is 13.7. The molecule has 0 aliphatic carbocycles. The van der Waals surface area contributed by atoms with E-state index in [9.17, 15) is 0 Å². The van der Waals surface area contributed by atoms with Gasteiger partial charge in [0.15, 0.2) is 0 Å². The Morgan fingerprint density at radius 2 is 1.84 bits per heavy atom. The van der Waals surface area contributed by atoms with Gasteiger partial charge >= 0.3 is 0 Å². The van der Waals surface area contributed by atoms with Crippen LogP contribution in [0.4, 0.5) is 11.6 Å². The molecule has 0 atom stereocenters. The molecule has 1 aromatic carbocycles. The fourth-order valence-corrected chi connectivity index (χ4v) is 1.98. The Hall–Kier alpha value is -2.10. The first kappa shape index (κ1) is 13.3. The van der Waals surface area contributed by atoms with Crippen LogP contribution in [-0.4, -0.2) is 16.5 Å². The highest BCUT2D eigenvalue weighted by atomic mass is 15.2. The zero-order valence-corrected chi connectivity index (χ0v) is 11.5. The van der Waals surface area contributed by atoms with Gasteiger partial charge < -0.3 is 10.6 Å². The summed E-state index contributed by atoms with van der Waals surface area (Å²) >= 11 is 0. The summed E-state index contributed by atoms with van der Waals surface area (Å²) < 4.78 is 0. The van der Waals surface area contributed by atoms with Gasteiger partial charge in [0, 0.05) is 25.6 Å². The average Bonchev–Trinajstić information content (AvgIpc) is 2.45. The van der Waals surface area contributed by atoms with Gasteiger partial charge in [-0.15, -0.1) is 0 Å². The second-order valence-corrected chi connectivity index (χ2v) is 4.42. The van der Waals surface area contributed by atoms with Crippen molar-refractivity contribution < 1.29 is 0 Å². The van der Waals surface area contributed by atoms with Gasteiger partial charge in [0.2, 0.25) is 0 Å². The second-order valence-electron chi connectivity index (χ2n) is 4.42. The first-order valence-electron chi connectivity index (χ1n) is 6.65. The van der Waals surface area contributed by atoms with Crippen molar-refractivity contribution in [2.45, 2.75) is 26.8 Å². The molecule has 2 aromatic rings. The summed E-state index contributed by atoms with van der Waals surface area (Å²) in [5, 5.41) is 0. The van der Waals surface area contributed by atoms with Gasteiger partial charge in [-0.25, -0.2) is 9.97 Å². The molecule has 1 aromatic heterocycles. The lowest BCUT2D eigenvalue weighted by molar-refractivity contribution is 0.798. The monoisotopic (exact) mass is 256 g/mol. The molecule has 1 heterocycles. The number of nitrogens with two attached hydrogens (primary N) is 1. The molecule has 0 spiro atoms. The fourth-order valence-electron chi connectivity index (χ4n) is 1.98. The molecule has 0 aliphatic rings. The Labute approximate surface area is 114 Å². The average molecular weight is 256 g/mol. The summed E-state index contributed by atoms with van der Waals surface area (Å²) in [6.45, 7) is 5.87. The van der Waals surface area contributed by atoms with E-state index >= 15 is 0 Å². The Balaban J connectivity index is 2.24. The lowest BCUT2D eigenvalue weighted by Crippen LogP contribution is -2.24. The standard InChI is InChI=1S/C15H20N4/c1-3-14-17-13(16)10-15(18-14)19(4-2)11-12-8-6-5-7-9-12/h5-10H,3-4,11H2,1-2H3,(H2,16,17,18). The summed E-state index contributed by atoms with van der Waals surface area (Å²) in [4.78, 5) is 11.0. The van der Waals surface area contributed by atoms with E-state index in [1.54, 1.807) is 0 Å². The van der Waals surface area contributed by atoms with E-state index in [0.717, 1.165) is 31.2 Å². The van der Waals surface area contributed by atoms with Gasteiger partial charge in [-0.1, -0.05) is 37.3 Å². The highest BCUT2D eigenvalue weighted by molar-refractivity contribution is 5.47. The largest absolute Gasteiger partial charge is 0.384 e. The fraction of sp³-hybridized carbons (Fsp3) is 0.333. The van der Waals surface area contributed by atoms with Crippen molar-refractivity contribution >= 4 is 11.6 Å². The molecule has 0 unspecified atom stereocenters. The van der Waals surface area contributed by atoms with Crippen LogP contribution in [0, 0.1) is 0 Å². The second kappa shape index (κ2) is 6.18. The minimum Gasteiger partial charge on any atom is -0.384 e. The van der Waals surface area contributed by atoms with E-state index in [4.69, 9.17) is 5.73 Å². The SMILES string of the molecule is CCc1nc(N)cc(N(CC)Cc2ccccc2)n1. The van der Waals surface area contributed by atoms with Crippen LogP contribution >= 0.6 is 0 Å². The molecule has 100 valence electrons. The molecule has 2 N–H and O–H groups in total. The Morgan fingerprint density at radius 3 is 2.47 bits per heavy atom. The Bertz CT molecular complexity index is 525. The van der Waals surface area contributed by atoms with Crippen LogP contribution in [0.2, 0.25) is 0 Å². The molecule has 0 fully saturated rings. The third-order valence-corrected chi connectivity index (χ3v) is 3.02. The molecular formula is C15H20N4. The van der Waals surface area contributed by atoms with Crippen molar-refractivity contribution in [3.8, 4) is 0 Å². The van der Waals surface area contributed by atoms with Crippen molar-refractivity contribution in [3.05, 3.63) is 47.8 Å². The Morgan fingerprint density at radius 1 is 1.11 bits per heavy atom. The van der Waals surface area contributed by atoms with Crippen molar-refractivity contribution in [2.24, 2.45) is 0 Å². The molecule has 4 heteroatoms. The summed E-state index contributed by atoms with van der Waals surface area (Å²) in [5.41, 5.74) is 7.11. The molecule has 4 nitrogen and oxygen atoms in total. The van der Waals surface area contributed by atoms with E-state index in [1.165, 1.54) is 5.56 Å². The summed E-state index contributed by atoms with van der Waals surface area (Å²) in [6.07, 6.45) is 0.793. The number of benzene rings is 1. The van der Waals surface area contributed by atoms with Crippen molar-refractivity contribution in [2.75, 3.05) is 17.2 Å². The smallest absolute Gasteiger partial charge is 0.134 e. The third-order valence-electron chi connectivity index (χ3n) is 3.02. The van der Waals surface area contributed by atoms with E-state index < -0.39 is 0 Å². The summed E-state index contributed by atoms with van der Waals surface area (Å²) in [6, 6.07) is 12.2. The number of rotatable bonds is 5. The van der Waals surface area contributed by atoms with Gasteiger partial charge in [0.25, 0.3) is 0 Å². The van der Waals surface area contributed by atoms with Crippen molar-refractivity contribution in [1.82, 2.24) is 9.97 Å². The third kappa shape index (κ3) is 3.44. The predicted octanol–water partition coefficient (Wildman–Crippen LogP) is 2.65. The minimum absolute atomic E-state index is 0.536. The maximum atomic E-state index is 5.84. The number of hydrogen-bond donors (Lipinski definition) is 1. The first-order valence-corrected chi connectivity index (χ1v) is 6.65. The van der Waals surface area contributed by atoms with Gasteiger partial charge in [-0.3, -0.25) is 0 Å². The Kier molecular flexibility index (Phi) is 4.34. The quantitative estimate of drug-likeness (QED) is 0.893. The maximum absolute atomic E-state index is 5.84. The number of aromatic nitrogens is 2. The van der Waals surface area contributed by atoms with Crippen molar-refractivity contribution in [1.29, 1.82) is 0 Å². The van der Waals surface area contributed by atoms with E-state index in [-0.39, 0.29) is 0 Å². The number of anilines is 2. The molecule has 0 aliphatic heterocycles.